The highest BCUT2D eigenvalue weighted by molar-refractivity contribution is 7.97. The van der Waals surface area contributed by atoms with Crippen LogP contribution < -0.4 is 10.5 Å². The van der Waals surface area contributed by atoms with Gasteiger partial charge in [-0.05, 0) is 52.4 Å². The van der Waals surface area contributed by atoms with Gasteiger partial charge in [0.1, 0.15) is 0 Å². The predicted octanol–water partition coefficient (Wildman–Crippen LogP) is 2.75. The van der Waals surface area contributed by atoms with Gasteiger partial charge in [0.25, 0.3) is 0 Å². The molecule has 3 rings (SSSR count). The normalized spacial score (nSPS) is 10.8. The lowest BCUT2D eigenvalue weighted by Gasteiger charge is -2.07. The van der Waals surface area contributed by atoms with E-state index in [1.54, 1.807) is 6.07 Å². The largest absolute Gasteiger partial charge is 0.383 e. The molecule has 0 saturated carbocycles. The molecule has 0 bridgehead atoms. The van der Waals surface area contributed by atoms with Crippen LogP contribution in [0, 0.1) is 10.1 Å². The molecule has 3 N–H and O–H groups in total. The smallest absolute Gasteiger partial charge is 0.300 e. The summed E-state index contributed by atoms with van der Waals surface area (Å²) in [6.07, 6.45) is 0.791. The summed E-state index contributed by atoms with van der Waals surface area (Å²) < 4.78 is 4.63. The minimum absolute atomic E-state index is 0.123. The second-order valence-corrected chi connectivity index (χ2v) is 5.50. The summed E-state index contributed by atoms with van der Waals surface area (Å²) in [5.41, 5.74) is 2.19. The average Bonchev–Trinajstić information content (AvgIpc) is 3.05. The number of hydrogen-bond donors (Lipinski definition) is 2. The zero-order chi connectivity index (χ0) is 16.2. The third-order valence-electron chi connectivity index (χ3n) is 3.38. The second kappa shape index (κ2) is 6.63. The van der Waals surface area contributed by atoms with Gasteiger partial charge in [0.2, 0.25) is 5.52 Å². The lowest BCUT2D eigenvalue weighted by Crippen LogP contribution is -2.05. The maximum absolute atomic E-state index is 10.9. The van der Waals surface area contributed by atoms with Crippen LogP contribution in [0.15, 0.2) is 45.9 Å². The van der Waals surface area contributed by atoms with Gasteiger partial charge in [0, 0.05) is 17.5 Å². The van der Waals surface area contributed by atoms with E-state index < -0.39 is 4.92 Å². The fourth-order valence-corrected chi connectivity index (χ4v) is 2.51. The Morgan fingerprint density at radius 1 is 1.17 bits per heavy atom. The predicted molar refractivity (Wildman–Crippen MR) is 87.1 cm³/mol. The van der Waals surface area contributed by atoms with E-state index in [1.165, 1.54) is 18.0 Å². The molecule has 0 aliphatic heterocycles. The number of benzene rings is 2. The number of fused-ring (bicyclic) bond motifs is 1. The molecule has 118 valence electrons. The van der Waals surface area contributed by atoms with Gasteiger partial charge in [-0.1, -0.05) is 12.1 Å². The molecule has 0 atom stereocenters. The van der Waals surface area contributed by atoms with Crippen molar-refractivity contribution in [2.24, 2.45) is 5.14 Å². The topological polar surface area (TPSA) is 120 Å². The maximum atomic E-state index is 10.9. The Labute approximate surface area is 135 Å². The Hall–Kier alpha value is -2.65. The fraction of sp³-hybridized carbons (Fsp3) is 0.143. The van der Waals surface area contributed by atoms with Crippen LogP contribution >= 0.6 is 11.9 Å². The average molecular weight is 331 g/mol. The Kier molecular flexibility index (Phi) is 4.40. The molecule has 8 nitrogen and oxygen atoms in total. The zero-order valence-electron chi connectivity index (χ0n) is 11.9. The lowest BCUT2D eigenvalue weighted by atomic mass is 10.1. The Balaban J connectivity index is 1.71. The van der Waals surface area contributed by atoms with Crippen LogP contribution in [0.2, 0.25) is 0 Å². The van der Waals surface area contributed by atoms with E-state index in [-0.39, 0.29) is 11.2 Å². The molecule has 2 aromatic carbocycles. The fourth-order valence-electron chi connectivity index (χ4n) is 2.22. The van der Waals surface area contributed by atoms with Crippen LogP contribution in [0.25, 0.3) is 11.0 Å². The van der Waals surface area contributed by atoms with Gasteiger partial charge in [-0.3, -0.25) is 15.3 Å². The molecule has 0 aliphatic carbocycles. The Morgan fingerprint density at radius 3 is 2.61 bits per heavy atom. The number of rotatable bonds is 6. The minimum Gasteiger partial charge on any atom is -0.383 e. The summed E-state index contributed by atoms with van der Waals surface area (Å²) in [6, 6.07) is 11.0. The third-order valence-corrected chi connectivity index (χ3v) is 3.92. The van der Waals surface area contributed by atoms with Crippen molar-refractivity contribution in [3.63, 3.8) is 0 Å². The Bertz CT molecular complexity index is 834. The molecule has 0 amide bonds. The van der Waals surface area contributed by atoms with Crippen LogP contribution in [-0.4, -0.2) is 21.8 Å². The second-order valence-electron chi connectivity index (χ2n) is 4.79. The van der Waals surface area contributed by atoms with E-state index in [1.807, 2.05) is 24.3 Å². The van der Waals surface area contributed by atoms with Crippen LogP contribution in [0.3, 0.4) is 0 Å². The number of nitrogens with zero attached hydrogens (tertiary/aromatic N) is 3. The summed E-state index contributed by atoms with van der Waals surface area (Å²) in [7, 11) is 0. The van der Waals surface area contributed by atoms with E-state index >= 15 is 0 Å². The number of nitrogens with one attached hydrogen (secondary N) is 1. The van der Waals surface area contributed by atoms with Gasteiger partial charge >= 0.3 is 5.69 Å². The van der Waals surface area contributed by atoms with Gasteiger partial charge < -0.3 is 5.32 Å². The van der Waals surface area contributed by atoms with Gasteiger partial charge in [0.15, 0.2) is 5.52 Å². The van der Waals surface area contributed by atoms with Gasteiger partial charge in [-0.25, -0.2) is 4.63 Å². The van der Waals surface area contributed by atoms with Crippen molar-refractivity contribution in [2.45, 2.75) is 11.3 Å². The number of aromatic nitrogens is 2. The highest BCUT2D eigenvalue weighted by atomic mass is 32.2. The number of nitro groups is 1. The molecular formula is C14H13N5O3S. The zero-order valence-corrected chi connectivity index (χ0v) is 12.7. The maximum Gasteiger partial charge on any atom is 0.300 e. The molecule has 0 saturated heterocycles. The van der Waals surface area contributed by atoms with Gasteiger partial charge in [-0.15, -0.1) is 0 Å². The first-order chi connectivity index (χ1) is 11.2. The Morgan fingerprint density at radius 2 is 1.91 bits per heavy atom. The SMILES string of the molecule is NSc1ccc(CCNc2ccc([N+](=O)[O-])c3nonc23)cc1. The van der Waals surface area contributed by atoms with E-state index in [4.69, 9.17) is 5.14 Å². The summed E-state index contributed by atoms with van der Waals surface area (Å²) >= 11 is 1.21. The van der Waals surface area contributed by atoms with Crippen molar-refractivity contribution in [3.05, 3.63) is 52.1 Å². The quantitative estimate of drug-likeness (QED) is 0.402. The molecule has 1 heterocycles. The van der Waals surface area contributed by atoms with Crippen molar-refractivity contribution in [3.8, 4) is 0 Å². The minimum atomic E-state index is -0.507. The van der Waals surface area contributed by atoms with E-state index in [0.717, 1.165) is 16.9 Å². The molecule has 9 heteroatoms. The lowest BCUT2D eigenvalue weighted by molar-refractivity contribution is -0.383. The van der Waals surface area contributed by atoms with E-state index in [2.05, 4.69) is 20.3 Å². The summed E-state index contributed by atoms with van der Waals surface area (Å²) in [5, 5.41) is 27.0. The molecule has 1 aromatic heterocycles. The summed E-state index contributed by atoms with van der Waals surface area (Å²) in [6.45, 7) is 0.648. The molecule has 23 heavy (non-hydrogen) atoms. The molecule has 0 fully saturated rings. The first-order valence-corrected chi connectivity index (χ1v) is 7.66. The monoisotopic (exact) mass is 331 g/mol. The number of anilines is 1. The molecule has 0 radical (unpaired) electrons. The van der Waals surface area contributed by atoms with Crippen molar-refractivity contribution in [2.75, 3.05) is 11.9 Å². The standard InChI is InChI=1S/C14H13N5O3S/c15-23-10-3-1-9(2-4-10)7-8-16-11-5-6-12(19(20)21)14-13(11)17-22-18-14/h1-6,16H,7-8,15H2. The molecule has 0 unspecified atom stereocenters. The van der Waals surface area contributed by atoms with E-state index in [9.17, 15) is 10.1 Å². The third kappa shape index (κ3) is 3.25. The number of non-ortho nitro benzene ring substituents is 1. The molecule has 3 aromatic rings. The van der Waals surface area contributed by atoms with Crippen LogP contribution in [-0.2, 0) is 6.42 Å². The van der Waals surface area contributed by atoms with Crippen LogP contribution in [0.1, 0.15) is 5.56 Å². The highest BCUT2D eigenvalue weighted by Crippen LogP contribution is 2.28. The van der Waals surface area contributed by atoms with Gasteiger partial charge in [0.05, 0.1) is 10.6 Å². The van der Waals surface area contributed by atoms with E-state index in [0.29, 0.717) is 17.7 Å². The van der Waals surface area contributed by atoms with Crippen molar-refractivity contribution < 1.29 is 9.55 Å². The summed E-state index contributed by atoms with van der Waals surface area (Å²) in [5.74, 6) is 0. The van der Waals surface area contributed by atoms with Crippen molar-refractivity contribution >= 4 is 34.4 Å². The number of hydrogen-bond acceptors (Lipinski definition) is 8. The van der Waals surface area contributed by atoms with Crippen molar-refractivity contribution in [1.82, 2.24) is 10.3 Å². The summed E-state index contributed by atoms with van der Waals surface area (Å²) in [4.78, 5) is 11.4. The van der Waals surface area contributed by atoms with Crippen LogP contribution in [0.5, 0.6) is 0 Å². The first kappa shape index (κ1) is 15.3. The molecule has 0 aliphatic rings. The molecule has 0 spiro atoms. The molecular weight excluding hydrogens is 318 g/mol. The van der Waals surface area contributed by atoms with Crippen molar-refractivity contribution in [1.29, 1.82) is 0 Å². The van der Waals surface area contributed by atoms with Crippen LogP contribution in [0.4, 0.5) is 11.4 Å². The highest BCUT2D eigenvalue weighted by Gasteiger charge is 2.19. The number of nitro benzene ring substituents is 1. The first-order valence-electron chi connectivity index (χ1n) is 6.78. The van der Waals surface area contributed by atoms with Gasteiger partial charge in [-0.2, -0.15) is 0 Å². The number of nitrogens with two attached hydrogens (primary N) is 1.